The van der Waals surface area contributed by atoms with Crippen LogP contribution in [0.1, 0.15) is 30.9 Å². The second kappa shape index (κ2) is 10.5. The van der Waals surface area contributed by atoms with E-state index in [1.54, 1.807) is 6.07 Å². The maximum absolute atomic E-state index is 12.9. The molecule has 2 saturated heterocycles. The van der Waals surface area contributed by atoms with Crippen LogP contribution < -0.4 is 5.32 Å². The molecule has 5 nitrogen and oxygen atoms in total. The van der Waals surface area contributed by atoms with Crippen LogP contribution >= 0.6 is 0 Å². The van der Waals surface area contributed by atoms with Crippen molar-refractivity contribution < 1.29 is 13.2 Å². The number of aliphatic imine (C=N–C) groups is 1. The number of likely N-dealkylation sites (tertiary alicyclic amines) is 1. The Bertz CT molecular complexity index is 698. The van der Waals surface area contributed by atoms with Crippen LogP contribution in [0.3, 0.4) is 0 Å². The molecule has 8 heteroatoms. The fourth-order valence-electron chi connectivity index (χ4n) is 4.29. The first-order valence-electron chi connectivity index (χ1n) is 11.0. The van der Waals surface area contributed by atoms with Crippen molar-refractivity contribution >= 4 is 5.96 Å². The maximum atomic E-state index is 12.9. The smallest absolute Gasteiger partial charge is 0.357 e. The Labute approximate surface area is 177 Å². The second-order valence-corrected chi connectivity index (χ2v) is 8.43. The molecule has 0 spiro atoms. The predicted octanol–water partition coefficient (Wildman–Crippen LogP) is 3.13. The van der Waals surface area contributed by atoms with Gasteiger partial charge in [0.25, 0.3) is 0 Å². The predicted molar refractivity (Wildman–Crippen MR) is 114 cm³/mol. The van der Waals surface area contributed by atoms with Gasteiger partial charge in [0.1, 0.15) is 0 Å². The number of alkyl halides is 3. The second-order valence-electron chi connectivity index (χ2n) is 8.43. The lowest BCUT2D eigenvalue weighted by Gasteiger charge is -2.37. The van der Waals surface area contributed by atoms with Gasteiger partial charge in [-0.05, 0) is 50.9 Å². The largest absolute Gasteiger partial charge is 0.416 e. The average Bonchev–Trinajstić information content (AvgIpc) is 2.71. The number of piperazine rings is 1. The SMILES string of the molecule is CCNC(=NCC1CCCN(C)C1)N1CCN(Cc2cccc(C(F)(F)F)c2)CC1. The summed E-state index contributed by atoms with van der Waals surface area (Å²) < 4.78 is 38.8. The van der Waals surface area contributed by atoms with E-state index in [1.165, 1.54) is 31.5 Å². The summed E-state index contributed by atoms with van der Waals surface area (Å²) >= 11 is 0. The van der Waals surface area contributed by atoms with Gasteiger partial charge in [0.2, 0.25) is 0 Å². The summed E-state index contributed by atoms with van der Waals surface area (Å²) in [5, 5.41) is 3.41. The van der Waals surface area contributed by atoms with E-state index in [9.17, 15) is 13.2 Å². The molecule has 0 saturated carbocycles. The highest BCUT2D eigenvalue weighted by atomic mass is 19.4. The lowest BCUT2D eigenvalue weighted by atomic mass is 9.99. The lowest BCUT2D eigenvalue weighted by Crippen LogP contribution is -2.52. The molecular weight excluding hydrogens is 391 g/mol. The van der Waals surface area contributed by atoms with Gasteiger partial charge >= 0.3 is 6.18 Å². The quantitative estimate of drug-likeness (QED) is 0.581. The van der Waals surface area contributed by atoms with Gasteiger partial charge in [-0.15, -0.1) is 0 Å². The summed E-state index contributed by atoms with van der Waals surface area (Å²) in [5.74, 6) is 1.57. The summed E-state index contributed by atoms with van der Waals surface area (Å²) in [6.45, 7) is 9.85. The number of halogens is 3. The Hall–Kier alpha value is -1.80. The Morgan fingerprint density at radius 1 is 1.17 bits per heavy atom. The molecule has 2 fully saturated rings. The fraction of sp³-hybridized carbons (Fsp3) is 0.682. The molecule has 0 aromatic heterocycles. The highest BCUT2D eigenvalue weighted by molar-refractivity contribution is 5.80. The summed E-state index contributed by atoms with van der Waals surface area (Å²) in [5.41, 5.74) is 0.133. The van der Waals surface area contributed by atoms with Gasteiger partial charge in [0.05, 0.1) is 5.56 Å². The Morgan fingerprint density at radius 2 is 1.93 bits per heavy atom. The molecule has 0 amide bonds. The van der Waals surface area contributed by atoms with E-state index in [2.05, 4.69) is 34.0 Å². The van der Waals surface area contributed by atoms with Crippen LogP contribution in [0.4, 0.5) is 13.2 Å². The zero-order chi connectivity index (χ0) is 21.6. The molecule has 2 aliphatic rings. The van der Waals surface area contributed by atoms with Crippen LogP contribution in [-0.2, 0) is 12.7 Å². The van der Waals surface area contributed by atoms with E-state index in [0.717, 1.165) is 57.8 Å². The normalized spacial score (nSPS) is 22.4. The third-order valence-electron chi connectivity index (χ3n) is 5.89. The number of hydrogen-bond acceptors (Lipinski definition) is 3. The minimum Gasteiger partial charge on any atom is -0.357 e. The molecule has 2 heterocycles. The van der Waals surface area contributed by atoms with E-state index in [-0.39, 0.29) is 0 Å². The molecule has 1 aromatic rings. The van der Waals surface area contributed by atoms with Crippen molar-refractivity contribution in [1.29, 1.82) is 0 Å². The summed E-state index contributed by atoms with van der Waals surface area (Å²) in [7, 11) is 2.17. The number of rotatable bonds is 5. The molecule has 30 heavy (non-hydrogen) atoms. The van der Waals surface area contributed by atoms with E-state index in [0.29, 0.717) is 18.0 Å². The van der Waals surface area contributed by atoms with E-state index < -0.39 is 11.7 Å². The maximum Gasteiger partial charge on any atom is 0.416 e. The van der Waals surface area contributed by atoms with Crippen LogP contribution in [0.25, 0.3) is 0 Å². The molecule has 1 aromatic carbocycles. The number of piperidine rings is 1. The molecule has 1 atom stereocenters. The van der Waals surface area contributed by atoms with Crippen molar-refractivity contribution in [3.8, 4) is 0 Å². The number of nitrogens with one attached hydrogen (secondary N) is 1. The highest BCUT2D eigenvalue weighted by Gasteiger charge is 2.30. The van der Waals surface area contributed by atoms with E-state index in [4.69, 9.17) is 4.99 Å². The van der Waals surface area contributed by atoms with E-state index in [1.807, 2.05) is 0 Å². The third kappa shape index (κ3) is 6.60. The zero-order valence-electron chi connectivity index (χ0n) is 18.1. The van der Waals surface area contributed by atoms with Crippen molar-refractivity contribution in [1.82, 2.24) is 20.0 Å². The van der Waals surface area contributed by atoms with Crippen LogP contribution in [0.5, 0.6) is 0 Å². The summed E-state index contributed by atoms with van der Waals surface area (Å²) in [6.07, 6.45) is -1.82. The van der Waals surface area contributed by atoms with Gasteiger partial charge in [-0.2, -0.15) is 13.2 Å². The topological polar surface area (TPSA) is 34.1 Å². The highest BCUT2D eigenvalue weighted by Crippen LogP contribution is 2.29. The van der Waals surface area contributed by atoms with Crippen LogP contribution in [0.15, 0.2) is 29.3 Å². The molecule has 0 radical (unpaired) electrons. The standard InChI is InChI=1S/C22H34F3N5/c1-3-26-21(27-15-19-7-5-9-28(2)16-19)30-12-10-29(11-13-30)17-18-6-4-8-20(14-18)22(23,24)25/h4,6,8,14,19H,3,5,7,9-13,15-17H2,1-2H3,(H,26,27). The Morgan fingerprint density at radius 3 is 2.60 bits per heavy atom. The van der Waals surface area contributed by atoms with Crippen molar-refractivity contribution in [2.24, 2.45) is 10.9 Å². The summed E-state index contributed by atoms with van der Waals surface area (Å²) in [6, 6.07) is 5.66. The minimum absolute atomic E-state index is 0.542. The fourth-order valence-corrected chi connectivity index (χ4v) is 4.29. The van der Waals surface area contributed by atoms with Crippen LogP contribution in [0, 0.1) is 5.92 Å². The van der Waals surface area contributed by atoms with Gasteiger partial charge < -0.3 is 15.1 Å². The van der Waals surface area contributed by atoms with Crippen LogP contribution in [0.2, 0.25) is 0 Å². The van der Waals surface area contributed by atoms with Crippen molar-refractivity contribution in [2.45, 2.75) is 32.5 Å². The van der Waals surface area contributed by atoms with Gasteiger partial charge in [0, 0.05) is 52.4 Å². The lowest BCUT2D eigenvalue weighted by molar-refractivity contribution is -0.137. The average molecular weight is 426 g/mol. The molecule has 0 bridgehead atoms. The number of benzene rings is 1. The molecule has 2 aliphatic heterocycles. The molecule has 0 aliphatic carbocycles. The van der Waals surface area contributed by atoms with Gasteiger partial charge in [-0.1, -0.05) is 18.2 Å². The molecule has 1 N–H and O–H groups in total. The molecule has 168 valence electrons. The Balaban J connectivity index is 1.53. The number of guanidine groups is 1. The number of nitrogens with zero attached hydrogens (tertiary/aromatic N) is 4. The van der Waals surface area contributed by atoms with Crippen molar-refractivity contribution in [2.75, 3.05) is 59.4 Å². The first kappa shape index (κ1) is 22.9. The van der Waals surface area contributed by atoms with Crippen LogP contribution in [-0.4, -0.2) is 80.1 Å². The minimum atomic E-state index is -4.29. The molecule has 3 rings (SSSR count). The Kier molecular flexibility index (Phi) is 7.99. The zero-order valence-corrected chi connectivity index (χ0v) is 18.1. The third-order valence-corrected chi connectivity index (χ3v) is 5.89. The van der Waals surface area contributed by atoms with Gasteiger partial charge in [0.15, 0.2) is 5.96 Å². The first-order valence-corrected chi connectivity index (χ1v) is 11.0. The monoisotopic (exact) mass is 425 g/mol. The first-order chi connectivity index (χ1) is 14.3. The van der Waals surface area contributed by atoms with Gasteiger partial charge in [-0.3, -0.25) is 9.89 Å². The van der Waals surface area contributed by atoms with Crippen molar-refractivity contribution in [3.05, 3.63) is 35.4 Å². The number of hydrogen-bond donors (Lipinski definition) is 1. The van der Waals surface area contributed by atoms with E-state index >= 15 is 0 Å². The molecule has 1 unspecified atom stereocenters. The van der Waals surface area contributed by atoms with Gasteiger partial charge in [-0.25, -0.2) is 0 Å². The van der Waals surface area contributed by atoms with Crippen molar-refractivity contribution in [3.63, 3.8) is 0 Å². The summed E-state index contributed by atoms with van der Waals surface area (Å²) in [4.78, 5) is 11.8. The molecular formula is C22H34F3N5.